The van der Waals surface area contributed by atoms with Crippen LogP contribution in [0.15, 0.2) is 53.4 Å². The highest BCUT2D eigenvalue weighted by Gasteiger charge is 2.15. The Labute approximate surface area is 149 Å². The normalized spacial score (nSPS) is 11.3. The van der Waals surface area contributed by atoms with Gasteiger partial charge in [0.15, 0.2) is 9.84 Å². The lowest BCUT2D eigenvalue weighted by atomic mass is 10.1. The van der Waals surface area contributed by atoms with E-state index in [9.17, 15) is 13.2 Å². The fraction of sp³-hybridized carbons (Fsp3) is 0.316. The Morgan fingerprint density at radius 3 is 2.20 bits per heavy atom. The lowest BCUT2D eigenvalue weighted by Gasteiger charge is -2.08. The molecule has 0 aliphatic heterocycles. The van der Waals surface area contributed by atoms with Gasteiger partial charge in [-0.25, -0.2) is 8.42 Å². The van der Waals surface area contributed by atoms with E-state index in [2.05, 4.69) is 10.6 Å². The van der Waals surface area contributed by atoms with Gasteiger partial charge in [0.1, 0.15) is 0 Å². The maximum absolute atomic E-state index is 12.4. The molecule has 0 saturated heterocycles. The lowest BCUT2D eigenvalue weighted by Crippen LogP contribution is -2.31. The van der Waals surface area contributed by atoms with Crippen molar-refractivity contribution in [2.24, 2.45) is 0 Å². The third kappa shape index (κ3) is 5.69. The molecule has 0 aromatic heterocycles. The highest BCUT2D eigenvalue weighted by molar-refractivity contribution is 7.90. The van der Waals surface area contributed by atoms with Crippen LogP contribution >= 0.6 is 0 Å². The Bertz CT molecular complexity index is 798. The van der Waals surface area contributed by atoms with Crippen LogP contribution < -0.4 is 10.6 Å². The number of nitrogens with one attached hydrogen (secondary N) is 2. The zero-order valence-electron chi connectivity index (χ0n) is 14.6. The van der Waals surface area contributed by atoms with Crippen molar-refractivity contribution in [1.29, 1.82) is 0 Å². The molecule has 0 saturated carbocycles. The number of hydrogen-bond acceptors (Lipinski definition) is 4. The average Bonchev–Trinajstić information content (AvgIpc) is 2.59. The van der Waals surface area contributed by atoms with Crippen molar-refractivity contribution < 1.29 is 13.2 Å². The predicted octanol–water partition coefficient (Wildman–Crippen LogP) is 2.31. The standard InChI is InChI=1S/C19H24N2O3S/c1-3-20-12-13-21-19(22)17-8-6-16(7-9-17)14-25(23,24)18-10-4-15(2)5-11-18/h4-11,20H,3,12-14H2,1-2H3,(H,21,22). The maximum atomic E-state index is 12.4. The average molecular weight is 360 g/mol. The molecule has 2 N–H and O–H groups in total. The topological polar surface area (TPSA) is 75.3 Å². The molecule has 0 bridgehead atoms. The number of amides is 1. The largest absolute Gasteiger partial charge is 0.351 e. The Hall–Kier alpha value is -2.18. The summed E-state index contributed by atoms with van der Waals surface area (Å²) < 4.78 is 24.9. The molecule has 2 rings (SSSR count). The molecule has 0 fully saturated rings. The minimum Gasteiger partial charge on any atom is -0.351 e. The third-order valence-corrected chi connectivity index (χ3v) is 5.49. The fourth-order valence-corrected chi connectivity index (χ4v) is 3.69. The second-order valence-electron chi connectivity index (χ2n) is 5.88. The summed E-state index contributed by atoms with van der Waals surface area (Å²) in [6.45, 7) is 6.05. The van der Waals surface area contributed by atoms with Gasteiger partial charge in [0.05, 0.1) is 10.6 Å². The second-order valence-corrected chi connectivity index (χ2v) is 7.87. The van der Waals surface area contributed by atoms with Gasteiger partial charge in [-0.1, -0.05) is 36.8 Å². The van der Waals surface area contributed by atoms with Gasteiger partial charge < -0.3 is 10.6 Å². The summed E-state index contributed by atoms with van der Waals surface area (Å²) in [6, 6.07) is 13.5. The summed E-state index contributed by atoms with van der Waals surface area (Å²) in [7, 11) is -3.39. The molecule has 0 heterocycles. The van der Waals surface area contributed by atoms with E-state index in [4.69, 9.17) is 0 Å². The summed E-state index contributed by atoms with van der Waals surface area (Å²) in [6.07, 6.45) is 0. The zero-order chi connectivity index (χ0) is 18.3. The molecule has 134 valence electrons. The maximum Gasteiger partial charge on any atom is 0.251 e. The number of carbonyl (C=O) groups is 1. The molecule has 0 spiro atoms. The smallest absolute Gasteiger partial charge is 0.251 e. The minimum atomic E-state index is -3.39. The van der Waals surface area contributed by atoms with Gasteiger partial charge in [-0.05, 0) is 43.3 Å². The van der Waals surface area contributed by atoms with E-state index < -0.39 is 9.84 Å². The second kappa shape index (κ2) is 8.78. The van der Waals surface area contributed by atoms with E-state index in [1.807, 2.05) is 13.8 Å². The number of aryl methyl sites for hydroxylation is 1. The van der Waals surface area contributed by atoms with Crippen LogP contribution in [-0.2, 0) is 15.6 Å². The summed E-state index contributed by atoms with van der Waals surface area (Å²) in [5.74, 6) is -0.246. The monoisotopic (exact) mass is 360 g/mol. The SMILES string of the molecule is CCNCCNC(=O)c1ccc(CS(=O)(=O)c2ccc(C)cc2)cc1. The minimum absolute atomic E-state index is 0.0849. The Balaban J connectivity index is 2.00. The molecule has 0 unspecified atom stereocenters. The molecular weight excluding hydrogens is 336 g/mol. The van der Waals surface area contributed by atoms with Gasteiger partial charge in [0.25, 0.3) is 5.91 Å². The van der Waals surface area contributed by atoms with Crippen LogP contribution in [0.1, 0.15) is 28.4 Å². The molecule has 0 radical (unpaired) electrons. The highest BCUT2D eigenvalue weighted by atomic mass is 32.2. The molecule has 2 aromatic carbocycles. The number of likely N-dealkylation sites (N-methyl/N-ethyl adjacent to an activating group) is 1. The third-order valence-electron chi connectivity index (χ3n) is 3.79. The van der Waals surface area contributed by atoms with Crippen LogP contribution in [0.4, 0.5) is 0 Å². The molecule has 0 aliphatic carbocycles. The number of rotatable bonds is 8. The lowest BCUT2D eigenvalue weighted by molar-refractivity contribution is 0.0954. The number of carbonyl (C=O) groups excluding carboxylic acids is 1. The van der Waals surface area contributed by atoms with E-state index in [-0.39, 0.29) is 11.7 Å². The van der Waals surface area contributed by atoms with E-state index in [0.29, 0.717) is 22.6 Å². The van der Waals surface area contributed by atoms with Crippen molar-refractivity contribution >= 4 is 15.7 Å². The van der Waals surface area contributed by atoms with Gasteiger partial charge in [-0.15, -0.1) is 0 Å². The first kappa shape index (κ1) is 19.1. The first-order valence-corrected chi connectivity index (χ1v) is 9.95. The zero-order valence-corrected chi connectivity index (χ0v) is 15.4. The molecule has 1 amide bonds. The van der Waals surface area contributed by atoms with Crippen LogP contribution in [0.25, 0.3) is 0 Å². The number of benzene rings is 2. The first-order chi connectivity index (χ1) is 11.9. The summed E-state index contributed by atoms with van der Waals surface area (Å²) in [5, 5.41) is 5.94. The van der Waals surface area contributed by atoms with E-state index in [1.54, 1.807) is 48.5 Å². The van der Waals surface area contributed by atoms with Crippen LogP contribution in [-0.4, -0.2) is 34.0 Å². The molecule has 0 atom stereocenters. The number of sulfone groups is 1. The molecule has 2 aromatic rings. The van der Waals surface area contributed by atoms with Crippen molar-refractivity contribution in [3.63, 3.8) is 0 Å². The van der Waals surface area contributed by atoms with E-state index >= 15 is 0 Å². The molecule has 25 heavy (non-hydrogen) atoms. The van der Waals surface area contributed by atoms with Crippen LogP contribution in [0.2, 0.25) is 0 Å². The first-order valence-electron chi connectivity index (χ1n) is 8.29. The molecule has 0 aliphatic rings. The number of hydrogen-bond donors (Lipinski definition) is 2. The van der Waals surface area contributed by atoms with Crippen LogP contribution in [0.5, 0.6) is 0 Å². The van der Waals surface area contributed by atoms with Gasteiger partial charge in [-0.2, -0.15) is 0 Å². The van der Waals surface area contributed by atoms with Crippen molar-refractivity contribution in [1.82, 2.24) is 10.6 Å². The van der Waals surface area contributed by atoms with Gasteiger partial charge >= 0.3 is 0 Å². The summed E-state index contributed by atoms with van der Waals surface area (Å²) in [4.78, 5) is 12.3. The van der Waals surface area contributed by atoms with E-state index in [1.165, 1.54) is 0 Å². The van der Waals surface area contributed by atoms with Crippen LogP contribution in [0.3, 0.4) is 0 Å². The molecular formula is C19H24N2O3S. The Morgan fingerprint density at radius 1 is 0.960 bits per heavy atom. The van der Waals surface area contributed by atoms with Crippen molar-refractivity contribution in [3.05, 3.63) is 65.2 Å². The summed E-state index contributed by atoms with van der Waals surface area (Å²) in [5.41, 5.74) is 2.20. The predicted molar refractivity (Wildman–Crippen MR) is 99.4 cm³/mol. The van der Waals surface area contributed by atoms with E-state index in [0.717, 1.165) is 18.7 Å². The van der Waals surface area contributed by atoms with Crippen molar-refractivity contribution in [3.8, 4) is 0 Å². The van der Waals surface area contributed by atoms with Gasteiger partial charge in [0, 0.05) is 18.7 Å². The fourth-order valence-electron chi connectivity index (χ4n) is 2.34. The van der Waals surface area contributed by atoms with Gasteiger partial charge in [0.2, 0.25) is 0 Å². The van der Waals surface area contributed by atoms with Crippen LogP contribution in [0, 0.1) is 6.92 Å². The Kier molecular flexibility index (Phi) is 6.73. The van der Waals surface area contributed by atoms with Crippen molar-refractivity contribution in [2.75, 3.05) is 19.6 Å². The Morgan fingerprint density at radius 2 is 1.60 bits per heavy atom. The quantitative estimate of drug-likeness (QED) is 0.709. The highest BCUT2D eigenvalue weighted by Crippen LogP contribution is 2.17. The van der Waals surface area contributed by atoms with Gasteiger partial charge in [-0.3, -0.25) is 4.79 Å². The van der Waals surface area contributed by atoms with Crippen molar-refractivity contribution in [2.45, 2.75) is 24.5 Å². The molecule has 6 heteroatoms. The molecule has 5 nitrogen and oxygen atoms in total. The summed E-state index contributed by atoms with van der Waals surface area (Å²) >= 11 is 0.